The Bertz CT molecular complexity index is 307. The van der Waals surface area contributed by atoms with Crippen LogP contribution in [0.15, 0.2) is 30.6 Å². The van der Waals surface area contributed by atoms with E-state index in [1.54, 1.807) is 30.6 Å². The number of nitrogens with one attached hydrogen (secondary N) is 1. The normalized spacial score (nSPS) is 8.27. The van der Waals surface area contributed by atoms with E-state index >= 15 is 0 Å². The average molecular weight is 229 g/mol. The SMILES string of the molecule is Cl.Nc1cc(N)cc(N)c1.c1c[nH]nn1. The molecule has 2 aromatic rings. The summed E-state index contributed by atoms with van der Waals surface area (Å²) in [6.07, 6.45) is 3.24. The molecule has 0 atom stereocenters. The van der Waals surface area contributed by atoms with Gasteiger partial charge in [0.25, 0.3) is 0 Å². The van der Waals surface area contributed by atoms with Gasteiger partial charge in [-0.2, -0.15) is 0 Å². The van der Waals surface area contributed by atoms with Crippen LogP contribution in [-0.2, 0) is 0 Å². The van der Waals surface area contributed by atoms with Crippen molar-refractivity contribution in [1.29, 1.82) is 0 Å². The molecule has 0 saturated carbocycles. The monoisotopic (exact) mass is 228 g/mol. The smallest absolute Gasteiger partial charge is 0.0690 e. The van der Waals surface area contributed by atoms with Gasteiger partial charge in [0.05, 0.1) is 6.20 Å². The number of halogens is 1. The first kappa shape index (κ1) is 13.1. The number of rotatable bonds is 0. The maximum Gasteiger partial charge on any atom is 0.0690 e. The fourth-order valence-corrected chi connectivity index (χ4v) is 0.869. The number of nitrogens with zero attached hydrogens (tertiary/aromatic N) is 2. The predicted molar refractivity (Wildman–Crippen MR) is 63.3 cm³/mol. The van der Waals surface area contributed by atoms with Crippen LogP contribution < -0.4 is 17.2 Å². The zero-order valence-electron chi connectivity index (χ0n) is 7.92. The number of H-pyrrole nitrogens is 1. The number of nitrogen functional groups attached to an aromatic ring is 3. The van der Waals surface area contributed by atoms with Crippen LogP contribution in [0.1, 0.15) is 0 Å². The summed E-state index contributed by atoms with van der Waals surface area (Å²) in [4.78, 5) is 0. The molecule has 0 aliphatic rings. The van der Waals surface area contributed by atoms with E-state index in [9.17, 15) is 0 Å². The number of aromatic nitrogens is 3. The lowest BCUT2D eigenvalue weighted by molar-refractivity contribution is 0.940. The summed E-state index contributed by atoms with van der Waals surface area (Å²) in [5.74, 6) is 0. The van der Waals surface area contributed by atoms with Crippen LogP contribution in [0.5, 0.6) is 0 Å². The zero-order valence-corrected chi connectivity index (χ0v) is 8.74. The summed E-state index contributed by atoms with van der Waals surface area (Å²) in [6.45, 7) is 0. The third kappa shape index (κ3) is 5.37. The zero-order chi connectivity index (χ0) is 10.4. The third-order valence-electron chi connectivity index (χ3n) is 1.33. The molecule has 1 heterocycles. The molecule has 6 nitrogen and oxygen atoms in total. The van der Waals surface area contributed by atoms with Gasteiger partial charge in [-0.25, -0.2) is 0 Å². The van der Waals surface area contributed by atoms with Crippen LogP contribution in [0.4, 0.5) is 17.1 Å². The average Bonchev–Trinajstić information content (AvgIpc) is 2.56. The third-order valence-corrected chi connectivity index (χ3v) is 1.33. The van der Waals surface area contributed by atoms with Crippen molar-refractivity contribution < 1.29 is 0 Å². The predicted octanol–water partition coefficient (Wildman–Crippen LogP) is 0.660. The van der Waals surface area contributed by atoms with Crippen LogP contribution >= 0.6 is 12.4 Å². The van der Waals surface area contributed by atoms with Crippen molar-refractivity contribution in [2.24, 2.45) is 0 Å². The molecule has 7 N–H and O–H groups in total. The Morgan fingerprint density at radius 3 is 1.60 bits per heavy atom. The number of nitrogens with two attached hydrogens (primary N) is 3. The number of benzene rings is 1. The minimum atomic E-state index is 0. The van der Waals surface area contributed by atoms with E-state index in [0.717, 1.165) is 0 Å². The number of hydrogen-bond donors (Lipinski definition) is 4. The Morgan fingerprint density at radius 2 is 1.40 bits per heavy atom. The highest BCUT2D eigenvalue weighted by Gasteiger charge is 1.89. The second-order valence-electron chi connectivity index (χ2n) is 2.59. The Kier molecular flexibility index (Phi) is 5.65. The first-order chi connectivity index (χ1) is 6.68. The summed E-state index contributed by atoms with van der Waals surface area (Å²) < 4.78 is 0. The summed E-state index contributed by atoms with van der Waals surface area (Å²) in [5, 5.41) is 9.26. The van der Waals surface area contributed by atoms with E-state index in [-0.39, 0.29) is 12.4 Å². The molecule has 0 bridgehead atoms. The fourth-order valence-electron chi connectivity index (χ4n) is 0.869. The molecule has 0 saturated heterocycles. The Morgan fingerprint density at radius 1 is 0.933 bits per heavy atom. The van der Waals surface area contributed by atoms with E-state index < -0.39 is 0 Å². The summed E-state index contributed by atoms with van der Waals surface area (Å²) in [5.41, 5.74) is 18.0. The molecule has 1 aromatic heterocycles. The Labute approximate surface area is 93.3 Å². The lowest BCUT2D eigenvalue weighted by Gasteiger charge is -1.97. The molecule has 15 heavy (non-hydrogen) atoms. The van der Waals surface area contributed by atoms with Crippen LogP contribution in [0.3, 0.4) is 0 Å². The van der Waals surface area contributed by atoms with Crippen molar-refractivity contribution >= 4 is 29.5 Å². The highest BCUT2D eigenvalue weighted by atomic mass is 35.5. The highest BCUT2D eigenvalue weighted by Crippen LogP contribution is 2.14. The van der Waals surface area contributed by atoms with Crippen molar-refractivity contribution in [2.45, 2.75) is 0 Å². The molecule has 0 aliphatic heterocycles. The summed E-state index contributed by atoms with van der Waals surface area (Å²) in [6, 6.07) is 4.99. The first-order valence-corrected chi connectivity index (χ1v) is 3.90. The Hall–Kier alpha value is -1.95. The van der Waals surface area contributed by atoms with Gasteiger partial charge in [0.2, 0.25) is 0 Å². The van der Waals surface area contributed by atoms with E-state index in [1.807, 2.05) is 0 Å². The largest absolute Gasteiger partial charge is 0.399 e. The molecule has 1 aromatic carbocycles. The van der Waals surface area contributed by atoms with Crippen LogP contribution in [-0.4, -0.2) is 15.4 Å². The van der Waals surface area contributed by atoms with Gasteiger partial charge in [-0.3, -0.25) is 5.10 Å². The number of hydrogen-bond acceptors (Lipinski definition) is 5. The maximum atomic E-state index is 5.40. The van der Waals surface area contributed by atoms with Gasteiger partial charge in [0, 0.05) is 23.3 Å². The van der Waals surface area contributed by atoms with Gasteiger partial charge in [0.15, 0.2) is 0 Å². The van der Waals surface area contributed by atoms with Gasteiger partial charge in [-0.15, -0.1) is 17.5 Å². The second-order valence-corrected chi connectivity index (χ2v) is 2.59. The molecule has 0 amide bonds. The van der Waals surface area contributed by atoms with Crippen molar-refractivity contribution in [3.63, 3.8) is 0 Å². The van der Waals surface area contributed by atoms with Crippen molar-refractivity contribution in [3.8, 4) is 0 Å². The Balaban J connectivity index is 0.000000280. The molecule has 0 radical (unpaired) electrons. The molecule has 2 rings (SSSR count). The van der Waals surface area contributed by atoms with E-state index in [1.165, 1.54) is 0 Å². The molecular formula is C8H13ClN6. The van der Waals surface area contributed by atoms with Crippen LogP contribution in [0.25, 0.3) is 0 Å². The molecule has 0 spiro atoms. The second kappa shape index (κ2) is 6.50. The number of anilines is 3. The molecule has 0 fully saturated rings. The van der Waals surface area contributed by atoms with Gasteiger partial charge in [-0.05, 0) is 18.2 Å². The summed E-state index contributed by atoms with van der Waals surface area (Å²) in [7, 11) is 0. The number of aromatic amines is 1. The molecule has 7 heteroatoms. The lowest BCUT2D eigenvalue weighted by atomic mass is 10.2. The fraction of sp³-hybridized carbons (Fsp3) is 0. The molecule has 0 unspecified atom stereocenters. The molecule has 82 valence electrons. The minimum Gasteiger partial charge on any atom is -0.399 e. The van der Waals surface area contributed by atoms with Crippen LogP contribution in [0, 0.1) is 0 Å². The van der Waals surface area contributed by atoms with Crippen molar-refractivity contribution in [1.82, 2.24) is 15.4 Å². The topological polar surface area (TPSA) is 120 Å². The van der Waals surface area contributed by atoms with Crippen molar-refractivity contribution in [3.05, 3.63) is 30.6 Å². The van der Waals surface area contributed by atoms with Gasteiger partial charge < -0.3 is 17.2 Å². The van der Waals surface area contributed by atoms with Crippen LogP contribution in [0.2, 0.25) is 0 Å². The van der Waals surface area contributed by atoms with E-state index in [2.05, 4.69) is 15.4 Å². The van der Waals surface area contributed by atoms with Gasteiger partial charge >= 0.3 is 0 Å². The minimum absolute atomic E-state index is 0. The first-order valence-electron chi connectivity index (χ1n) is 3.90. The van der Waals surface area contributed by atoms with Gasteiger partial charge in [-0.1, -0.05) is 5.21 Å². The van der Waals surface area contributed by atoms with Crippen molar-refractivity contribution in [2.75, 3.05) is 17.2 Å². The highest BCUT2D eigenvalue weighted by molar-refractivity contribution is 5.85. The summed E-state index contributed by atoms with van der Waals surface area (Å²) >= 11 is 0. The molecular weight excluding hydrogens is 216 g/mol. The molecule has 0 aliphatic carbocycles. The quantitative estimate of drug-likeness (QED) is 0.494. The van der Waals surface area contributed by atoms with E-state index in [4.69, 9.17) is 17.2 Å². The van der Waals surface area contributed by atoms with E-state index in [0.29, 0.717) is 17.1 Å². The van der Waals surface area contributed by atoms with Gasteiger partial charge in [0.1, 0.15) is 0 Å². The standard InChI is InChI=1S/C6H9N3.C2H3N3.ClH/c7-4-1-5(8)3-6(9)2-4;1-2-4-5-3-1;/h1-3H,7-9H2;1-2H,(H,3,4,5);1H. The lowest BCUT2D eigenvalue weighted by Crippen LogP contribution is -1.93. The maximum absolute atomic E-state index is 5.40.